The molecule has 0 spiro atoms. The van der Waals surface area contributed by atoms with Crippen LogP contribution in [0.4, 0.5) is 5.69 Å². The number of rotatable bonds is 5. The van der Waals surface area contributed by atoms with Gasteiger partial charge in [0.05, 0.1) is 5.69 Å². The van der Waals surface area contributed by atoms with Crippen LogP contribution in [0.1, 0.15) is 39.3 Å². The van der Waals surface area contributed by atoms with Crippen molar-refractivity contribution in [2.75, 3.05) is 37.6 Å². The molecule has 0 radical (unpaired) electrons. The molecule has 164 valence electrons. The summed E-state index contributed by atoms with van der Waals surface area (Å²) >= 11 is 0. The summed E-state index contributed by atoms with van der Waals surface area (Å²) in [6.07, 6.45) is 4.55. The number of benzene rings is 1. The molecule has 5 nitrogen and oxygen atoms in total. The minimum Gasteiger partial charge on any atom is -0.369 e. The van der Waals surface area contributed by atoms with Crippen LogP contribution in [0, 0.1) is 0 Å². The van der Waals surface area contributed by atoms with Crippen molar-refractivity contribution in [3.63, 3.8) is 0 Å². The second kappa shape index (κ2) is 8.64. The number of piperazine rings is 1. The summed E-state index contributed by atoms with van der Waals surface area (Å²) in [4.78, 5) is 16.0. The van der Waals surface area contributed by atoms with Crippen LogP contribution in [0.3, 0.4) is 0 Å². The van der Waals surface area contributed by atoms with Gasteiger partial charge < -0.3 is 9.88 Å². The van der Waals surface area contributed by atoms with Gasteiger partial charge in [0.1, 0.15) is 0 Å². The Morgan fingerprint density at radius 1 is 1.03 bits per heavy atom. The highest BCUT2D eigenvalue weighted by Crippen LogP contribution is 2.30. The fraction of sp³-hybridized carbons (Fsp3) is 0.500. The molecule has 0 saturated carbocycles. The Kier molecular flexibility index (Phi) is 5.72. The maximum Gasteiger partial charge on any atom is 0.0795 e. The van der Waals surface area contributed by atoms with Gasteiger partial charge in [0.2, 0.25) is 0 Å². The van der Waals surface area contributed by atoms with Gasteiger partial charge in [0.15, 0.2) is 0 Å². The predicted molar refractivity (Wildman–Crippen MR) is 130 cm³/mol. The quantitative estimate of drug-likeness (QED) is 0.650. The molecule has 5 rings (SSSR count). The summed E-state index contributed by atoms with van der Waals surface area (Å²) in [5.41, 5.74) is 6.05. The number of pyridine rings is 1. The number of hydrogen-bond acceptors (Lipinski definition) is 4. The van der Waals surface area contributed by atoms with Gasteiger partial charge in [0.25, 0.3) is 0 Å². The maximum absolute atomic E-state index is 4.75. The predicted octanol–water partition coefficient (Wildman–Crippen LogP) is 4.74. The maximum atomic E-state index is 4.75. The molecule has 2 aliphatic heterocycles. The molecule has 0 unspecified atom stereocenters. The van der Waals surface area contributed by atoms with Crippen LogP contribution in [0.2, 0.25) is 0 Å². The van der Waals surface area contributed by atoms with Gasteiger partial charge in [-0.2, -0.15) is 0 Å². The van der Waals surface area contributed by atoms with Crippen molar-refractivity contribution in [2.45, 2.75) is 52.2 Å². The third-order valence-electron chi connectivity index (χ3n) is 7.22. The first-order valence-corrected chi connectivity index (χ1v) is 11.9. The molecule has 31 heavy (non-hydrogen) atoms. The molecule has 2 saturated heterocycles. The van der Waals surface area contributed by atoms with E-state index in [0.29, 0.717) is 12.1 Å². The van der Waals surface area contributed by atoms with Crippen molar-refractivity contribution in [2.24, 2.45) is 0 Å². The van der Waals surface area contributed by atoms with Crippen molar-refractivity contribution in [3.05, 3.63) is 48.3 Å². The van der Waals surface area contributed by atoms with Gasteiger partial charge >= 0.3 is 0 Å². The van der Waals surface area contributed by atoms with Crippen LogP contribution < -0.4 is 4.90 Å². The smallest absolute Gasteiger partial charge is 0.0795 e. The lowest BCUT2D eigenvalue weighted by Gasteiger charge is -2.38. The number of H-pyrrole nitrogens is 1. The summed E-state index contributed by atoms with van der Waals surface area (Å²) in [5.74, 6) is 0. The van der Waals surface area contributed by atoms with Crippen LogP contribution in [0.5, 0.6) is 0 Å². The Balaban J connectivity index is 1.34. The summed E-state index contributed by atoms with van der Waals surface area (Å²) in [6, 6.07) is 14.7. The standard InChI is InChI=1S/C26H35N5/c1-19(2)29-13-15-30(16-14-29)23-8-6-21(7-9-23)26-24-17-22(28-25(24)10-11-27-26)18-31-12-4-5-20(31)3/h6-11,17,19-20,28H,4-5,12-16,18H2,1-3H3/t20-/m0/s1. The number of hydrogen-bond donors (Lipinski definition) is 1. The van der Waals surface area contributed by atoms with E-state index in [2.05, 4.69) is 76.9 Å². The molecule has 1 N–H and O–H groups in total. The molecule has 2 aromatic heterocycles. The summed E-state index contributed by atoms with van der Waals surface area (Å²) in [5, 5.41) is 1.22. The topological polar surface area (TPSA) is 38.4 Å². The molecule has 1 atom stereocenters. The van der Waals surface area contributed by atoms with E-state index in [4.69, 9.17) is 4.98 Å². The Hall–Kier alpha value is -2.37. The fourth-order valence-corrected chi connectivity index (χ4v) is 5.20. The zero-order valence-corrected chi connectivity index (χ0v) is 19.1. The third kappa shape index (κ3) is 4.21. The van der Waals surface area contributed by atoms with E-state index < -0.39 is 0 Å². The number of nitrogens with one attached hydrogen (secondary N) is 1. The first-order chi connectivity index (χ1) is 15.1. The van der Waals surface area contributed by atoms with Crippen LogP contribution in [0.15, 0.2) is 42.6 Å². The van der Waals surface area contributed by atoms with Crippen molar-refractivity contribution in [1.82, 2.24) is 19.8 Å². The van der Waals surface area contributed by atoms with Crippen molar-refractivity contribution < 1.29 is 0 Å². The van der Waals surface area contributed by atoms with E-state index in [0.717, 1.165) is 38.4 Å². The van der Waals surface area contributed by atoms with Crippen LogP contribution >= 0.6 is 0 Å². The van der Waals surface area contributed by atoms with Crippen molar-refractivity contribution in [1.29, 1.82) is 0 Å². The number of aromatic nitrogens is 2. The normalized spacial score (nSPS) is 20.9. The molecular weight excluding hydrogens is 382 g/mol. The van der Waals surface area contributed by atoms with E-state index in [9.17, 15) is 0 Å². The Labute approximate surface area is 186 Å². The highest BCUT2D eigenvalue weighted by atomic mass is 15.3. The number of aromatic amines is 1. The highest BCUT2D eigenvalue weighted by molar-refractivity contribution is 5.93. The van der Waals surface area contributed by atoms with E-state index in [-0.39, 0.29) is 0 Å². The molecular formula is C26H35N5. The molecule has 5 heteroatoms. The van der Waals surface area contributed by atoms with Gasteiger partial charge in [0, 0.05) is 78.9 Å². The zero-order valence-electron chi connectivity index (χ0n) is 19.1. The van der Waals surface area contributed by atoms with Gasteiger partial charge in [-0.15, -0.1) is 0 Å². The van der Waals surface area contributed by atoms with Crippen LogP contribution in [-0.4, -0.2) is 64.6 Å². The minimum absolute atomic E-state index is 0.635. The average Bonchev–Trinajstić information content (AvgIpc) is 3.39. The van der Waals surface area contributed by atoms with E-state index in [1.807, 2.05) is 6.20 Å². The van der Waals surface area contributed by atoms with Crippen LogP contribution in [0.25, 0.3) is 22.2 Å². The molecule has 4 heterocycles. The van der Waals surface area contributed by atoms with Gasteiger partial charge in [-0.1, -0.05) is 12.1 Å². The Morgan fingerprint density at radius 3 is 2.48 bits per heavy atom. The molecule has 2 aliphatic rings. The second-order valence-electron chi connectivity index (χ2n) is 9.54. The molecule has 0 bridgehead atoms. The van der Waals surface area contributed by atoms with Crippen molar-refractivity contribution in [3.8, 4) is 11.3 Å². The SMILES string of the molecule is CC(C)N1CCN(c2ccc(-c3nccc4[nH]c(CN5CCC[C@@H]5C)cc34)cc2)CC1. The number of anilines is 1. The second-order valence-corrected chi connectivity index (χ2v) is 9.54. The Morgan fingerprint density at radius 2 is 1.81 bits per heavy atom. The first kappa shape index (κ1) is 20.5. The summed E-state index contributed by atoms with van der Waals surface area (Å²) in [6.45, 7) is 13.6. The lowest BCUT2D eigenvalue weighted by atomic mass is 10.1. The molecule has 1 aromatic carbocycles. The first-order valence-electron chi connectivity index (χ1n) is 11.9. The van der Waals surface area contributed by atoms with E-state index in [1.165, 1.54) is 47.2 Å². The van der Waals surface area contributed by atoms with Gasteiger partial charge in [-0.3, -0.25) is 14.8 Å². The third-order valence-corrected chi connectivity index (χ3v) is 7.22. The lowest BCUT2D eigenvalue weighted by molar-refractivity contribution is 0.209. The van der Waals surface area contributed by atoms with Gasteiger partial charge in [-0.25, -0.2) is 0 Å². The van der Waals surface area contributed by atoms with E-state index >= 15 is 0 Å². The average molecular weight is 418 g/mol. The van der Waals surface area contributed by atoms with Crippen molar-refractivity contribution >= 4 is 16.6 Å². The monoisotopic (exact) mass is 417 g/mol. The molecule has 2 fully saturated rings. The summed E-state index contributed by atoms with van der Waals surface area (Å²) < 4.78 is 0. The number of likely N-dealkylation sites (tertiary alicyclic amines) is 1. The zero-order chi connectivity index (χ0) is 21.4. The van der Waals surface area contributed by atoms with Crippen LogP contribution in [-0.2, 0) is 6.54 Å². The lowest BCUT2D eigenvalue weighted by Crippen LogP contribution is -2.48. The number of nitrogens with zero attached hydrogens (tertiary/aromatic N) is 4. The summed E-state index contributed by atoms with van der Waals surface area (Å²) in [7, 11) is 0. The van der Waals surface area contributed by atoms with Gasteiger partial charge in [-0.05, 0) is 64.4 Å². The van der Waals surface area contributed by atoms with E-state index in [1.54, 1.807) is 0 Å². The molecule has 0 amide bonds. The minimum atomic E-state index is 0.635. The number of fused-ring (bicyclic) bond motifs is 1. The highest BCUT2D eigenvalue weighted by Gasteiger charge is 2.21. The fourth-order valence-electron chi connectivity index (χ4n) is 5.20. The Bertz CT molecular complexity index is 1010. The largest absolute Gasteiger partial charge is 0.369 e. The molecule has 3 aromatic rings. The molecule has 0 aliphatic carbocycles.